The van der Waals surface area contributed by atoms with E-state index in [4.69, 9.17) is 10.2 Å². The van der Waals surface area contributed by atoms with Gasteiger partial charge in [0.05, 0.1) is 24.6 Å². The van der Waals surface area contributed by atoms with Crippen molar-refractivity contribution in [2.45, 2.75) is 19.9 Å². The van der Waals surface area contributed by atoms with E-state index in [1.807, 2.05) is 13.0 Å². The summed E-state index contributed by atoms with van der Waals surface area (Å²) < 4.78 is 5.46. The van der Waals surface area contributed by atoms with Gasteiger partial charge in [-0.05, 0) is 12.1 Å². The van der Waals surface area contributed by atoms with E-state index in [-0.39, 0.29) is 0 Å². The van der Waals surface area contributed by atoms with Gasteiger partial charge in [-0.15, -0.1) is 0 Å². The molecule has 84 valence electrons. The Bertz CT molecular complexity index is 449. The molecule has 2 aromatic heterocycles. The summed E-state index contributed by atoms with van der Waals surface area (Å²) in [5.74, 6) is 2.08. The maximum Gasteiger partial charge on any atom is 0.213 e. The molecule has 5 nitrogen and oxygen atoms in total. The Morgan fingerprint density at radius 2 is 2.19 bits per heavy atom. The molecule has 0 fully saturated rings. The normalized spacial score (nSPS) is 10.3. The minimum absolute atomic E-state index is 0.509. The summed E-state index contributed by atoms with van der Waals surface area (Å²) in [4.78, 5) is 8.12. The molecule has 0 aliphatic carbocycles. The fraction of sp³-hybridized carbons (Fsp3) is 0.273. The number of nitrogen functional groups attached to an aromatic ring is 1. The number of rotatable bonds is 4. The molecule has 0 amide bonds. The van der Waals surface area contributed by atoms with Crippen LogP contribution in [0.4, 0.5) is 11.5 Å². The summed E-state index contributed by atoms with van der Waals surface area (Å²) in [6, 6.07) is 3.61. The number of oxazole rings is 1. The highest BCUT2D eigenvalue weighted by atomic mass is 16.4. The van der Waals surface area contributed by atoms with Gasteiger partial charge in [0.25, 0.3) is 0 Å². The highest BCUT2D eigenvalue weighted by Crippen LogP contribution is 2.10. The summed E-state index contributed by atoms with van der Waals surface area (Å²) >= 11 is 0. The van der Waals surface area contributed by atoms with Crippen molar-refractivity contribution >= 4 is 11.5 Å². The highest BCUT2D eigenvalue weighted by Gasteiger charge is 2.01. The lowest BCUT2D eigenvalue weighted by molar-refractivity contribution is 0.466. The van der Waals surface area contributed by atoms with Gasteiger partial charge < -0.3 is 15.5 Å². The number of aryl methyl sites for hydroxylation is 1. The molecule has 0 unspecified atom stereocenters. The Morgan fingerprint density at radius 3 is 2.81 bits per heavy atom. The molecule has 0 radical (unpaired) electrons. The predicted octanol–water partition coefficient (Wildman–Crippen LogP) is 1.83. The van der Waals surface area contributed by atoms with Crippen LogP contribution in [0.5, 0.6) is 0 Å². The molecular formula is C11H14N4O. The number of nitrogens with one attached hydrogen (secondary N) is 1. The lowest BCUT2D eigenvalue weighted by atomic mass is 10.4. The van der Waals surface area contributed by atoms with Gasteiger partial charge in [0.2, 0.25) is 5.89 Å². The first-order valence-corrected chi connectivity index (χ1v) is 5.17. The molecule has 0 aliphatic heterocycles. The molecule has 0 saturated heterocycles. The molecule has 2 heterocycles. The van der Waals surface area contributed by atoms with Gasteiger partial charge in [0, 0.05) is 6.42 Å². The summed E-state index contributed by atoms with van der Waals surface area (Å²) in [7, 11) is 0. The lowest BCUT2D eigenvalue weighted by Crippen LogP contribution is -2.00. The van der Waals surface area contributed by atoms with Crippen LogP contribution in [0.1, 0.15) is 18.6 Å². The van der Waals surface area contributed by atoms with Crippen molar-refractivity contribution in [3.63, 3.8) is 0 Å². The second kappa shape index (κ2) is 4.65. The second-order valence-corrected chi connectivity index (χ2v) is 3.40. The maximum atomic E-state index is 5.49. The van der Waals surface area contributed by atoms with Crippen LogP contribution in [-0.4, -0.2) is 9.97 Å². The van der Waals surface area contributed by atoms with Crippen LogP contribution in [0.25, 0.3) is 0 Å². The molecule has 16 heavy (non-hydrogen) atoms. The zero-order valence-electron chi connectivity index (χ0n) is 9.10. The van der Waals surface area contributed by atoms with Crippen LogP contribution < -0.4 is 11.1 Å². The summed E-state index contributed by atoms with van der Waals surface area (Å²) in [5, 5.41) is 3.15. The molecule has 2 aromatic rings. The third-order valence-corrected chi connectivity index (χ3v) is 2.18. The zero-order chi connectivity index (χ0) is 11.4. The highest BCUT2D eigenvalue weighted by molar-refractivity contribution is 5.45. The molecular weight excluding hydrogens is 204 g/mol. The van der Waals surface area contributed by atoms with Gasteiger partial charge in [-0.25, -0.2) is 9.97 Å². The van der Waals surface area contributed by atoms with Crippen molar-refractivity contribution in [3.05, 3.63) is 36.2 Å². The zero-order valence-corrected chi connectivity index (χ0v) is 9.10. The third-order valence-electron chi connectivity index (χ3n) is 2.18. The topological polar surface area (TPSA) is 77.0 Å². The van der Waals surface area contributed by atoms with E-state index in [9.17, 15) is 0 Å². The Balaban J connectivity index is 1.94. The Labute approximate surface area is 93.7 Å². The van der Waals surface area contributed by atoms with E-state index in [1.165, 1.54) is 0 Å². The molecule has 2 rings (SSSR count). The Morgan fingerprint density at radius 1 is 1.31 bits per heavy atom. The summed E-state index contributed by atoms with van der Waals surface area (Å²) in [6.07, 6.45) is 4.29. The largest absolute Gasteiger partial charge is 0.444 e. The van der Waals surface area contributed by atoms with Gasteiger partial charge in [0.1, 0.15) is 11.6 Å². The second-order valence-electron chi connectivity index (χ2n) is 3.40. The van der Waals surface area contributed by atoms with Crippen molar-refractivity contribution in [3.8, 4) is 0 Å². The average Bonchev–Trinajstić information content (AvgIpc) is 2.76. The van der Waals surface area contributed by atoms with Gasteiger partial charge in [0.15, 0.2) is 0 Å². The van der Waals surface area contributed by atoms with Crippen molar-refractivity contribution < 1.29 is 4.42 Å². The Kier molecular flexibility index (Phi) is 3.05. The summed E-state index contributed by atoms with van der Waals surface area (Å²) in [5.41, 5.74) is 6.38. The van der Waals surface area contributed by atoms with Crippen molar-refractivity contribution in [1.82, 2.24) is 9.97 Å². The number of hydrogen-bond acceptors (Lipinski definition) is 5. The smallest absolute Gasteiger partial charge is 0.213 e. The maximum absolute atomic E-state index is 5.49. The number of anilines is 2. The van der Waals surface area contributed by atoms with Crippen LogP contribution >= 0.6 is 0 Å². The minimum atomic E-state index is 0.509. The number of nitrogens with two attached hydrogens (primary N) is 1. The SMILES string of the molecule is CCc1cnc(CNc2ccc(N)nc2)o1. The number of pyridine rings is 1. The van der Waals surface area contributed by atoms with E-state index in [0.29, 0.717) is 18.3 Å². The monoisotopic (exact) mass is 218 g/mol. The van der Waals surface area contributed by atoms with Crippen molar-refractivity contribution in [2.24, 2.45) is 0 Å². The fourth-order valence-corrected chi connectivity index (χ4v) is 1.28. The quantitative estimate of drug-likeness (QED) is 0.818. The van der Waals surface area contributed by atoms with Gasteiger partial charge in [-0.2, -0.15) is 0 Å². The fourth-order valence-electron chi connectivity index (χ4n) is 1.28. The van der Waals surface area contributed by atoms with Crippen molar-refractivity contribution in [1.29, 1.82) is 0 Å². The first kappa shape index (κ1) is 10.5. The predicted molar refractivity (Wildman–Crippen MR) is 61.9 cm³/mol. The molecule has 0 bridgehead atoms. The first-order chi connectivity index (χ1) is 7.78. The van der Waals surface area contributed by atoms with Gasteiger partial charge in [-0.1, -0.05) is 6.92 Å². The van der Waals surface area contributed by atoms with Crippen molar-refractivity contribution in [2.75, 3.05) is 11.1 Å². The van der Waals surface area contributed by atoms with E-state index in [0.717, 1.165) is 17.9 Å². The molecule has 0 spiro atoms. The van der Waals surface area contributed by atoms with E-state index >= 15 is 0 Å². The van der Waals surface area contributed by atoms with Crippen LogP contribution in [0.15, 0.2) is 28.9 Å². The van der Waals surface area contributed by atoms with Crippen LogP contribution in [0.2, 0.25) is 0 Å². The minimum Gasteiger partial charge on any atom is -0.444 e. The number of aromatic nitrogens is 2. The first-order valence-electron chi connectivity index (χ1n) is 5.17. The van der Waals surface area contributed by atoms with Crippen LogP contribution in [-0.2, 0) is 13.0 Å². The molecule has 0 saturated carbocycles. The standard InChI is InChI=1S/C11H14N4O/c1-2-9-6-15-11(16-9)7-13-8-3-4-10(12)14-5-8/h3-6,13H,2,7H2,1H3,(H2,12,14). The third kappa shape index (κ3) is 2.50. The van der Waals surface area contributed by atoms with Crippen LogP contribution in [0.3, 0.4) is 0 Å². The lowest BCUT2D eigenvalue weighted by Gasteiger charge is -2.02. The number of hydrogen-bond donors (Lipinski definition) is 2. The molecule has 3 N–H and O–H groups in total. The van der Waals surface area contributed by atoms with E-state index in [2.05, 4.69) is 15.3 Å². The van der Waals surface area contributed by atoms with Crippen LogP contribution in [0, 0.1) is 0 Å². The molecule has 5 heteroatoms. The Hall–Kier alpha value is -2.04. The average molecular weight is 218 g/mol. The summed E-state index contributed by atoms with van der Waals surface area (Å²) in [6.45, 7) is 2.58. The van der Waals surface area contributed by atoms with Gasteiger partial charge >= 0.3 is 0 Å². The van der Waals surface area contributed by atoms with E-state index in [1.54, 1.807) is 18.5 Å². The number of nitrogens with zero attached hydrogens (tertiary/aromatic N) is 2. The molecule has 0 aromatic carbocycles. The van der Waals surface area contributed by atoms with Gasteiger partial charge in [-0.3, -0.25) is 0 Å². The molecule has 0 atom stereocenters. The van der Waals surface area contributed by atoms with E-state index < -0.39 is 0 Å². The molecule has 0 aliphatic rings.